The van der Waals surface area contributed by atoms with Crippen molar-refractivity contribution in [3.8, 4) is 0 Å². The first kappa shape index (κ1) is 76.3. The molecule has 6 nitrogen and oxygen atoms in total. The minimum atomic E-state index is -0.777. The Kier molecular flexibility index (Phi) is 64.7. The summed E-state index contributed by atoms with van der Waals surface area (Å²) in [5.41, 5.74) is 0. The summed E-state index contributed by atoms with van der Waals surface area (Å²) in [6.45, 7) is 6.44. The predicted molar refractivity (Wildman–Crippen MR) is 348 cm³/mol. The van der Waals surface area contributed by atoms with Gasteiger partial charge in [0.05, 0.1) is 0 Å². The molecule has 0 radical (unpaired) electrons. The van der Waals surface area contributed by atoms with Crippen LogP contribution in [0.4, 0.5) is 0 Å². The van der Waals surface area contributed by atoms with Crippen LogP contribution >= 0.6 is 0 Å². The van der Waals surface area contributed by atoms with E-state index < -0.39 is 6.10 Å². The van der Waals surface area contributed by atoms with E-state index in [1.807, 2.05) is 0 Å². The van der Waals surface area contributed by atoms with Crippen molar-refractivity contribution in [2.24, 2.45) is 0 Å². The quantitative estimate of drug-likeness (QED) is 0.0261. The van der Waals surface area contributed by atoms with Crippen molar-refractivity contribution in [3.05, 3.63) is 97.2 Å². The van der Waals surface area contributed by atoms with Gasteiger partial charge in [0, 0.05) is 19.3 Å². The summed E-state index contributed by atoms with van der Waals surface area (Å²) >= 11 is 0. The van der Waals surface area contributed by atoms with E-state index in [0.29, 0.717) is 19.3 Å². The zero-order chi connectivity index (χ0) is 57.8. The van der Waals surface area contributed by atoms with Crippen LogP contribution in [-0.4, -0.2) is 37.2 Å². The molecule has 0 saturated carbocycles. The molecule has 0 heterocycles. The van der Waals surface area contributed by atoms with Crippen LogP contribution in [0.2, 0.25) is 0 Å². The average molecular weight is 1110 g/mol. The molecule has 6 heteroatoms. The van der Waals surface area contributed by atoms with Crippen molar-refractivity contribution < 1.29 is 28.6 Å². The van der Waals surface area contributed by atoms with Crippen LogP contribution in [0.5, 0.6) is 0 Å². The number of carbonyl (C=O) groups is 3. The summed E-state index contributed by atoms with van der Waals surface area (Å²) in [6.07, 6.45) is 91.5. The Labute approximate surface area is 496 Å². The van der Waals surface area contributed by atoms with Gasteiger partial charge < -0.3 is 14.2 Å². The monoisotopic (exact) mass is 1110 g/mol. The maximum atomic E-state index is 12.9. The van der Waals surface area contributed by atoms with Crippen molar-refractivity contribution in [3.63, 3.8) is 0 Å². The van der Waals surface area contributed by atoms with Gasteiger partial charge in [-0.15, -0.1) is 0 Å². The van der Waals surface area contributed by atoms with Gasteiger partial charge in [-0.3, -0.25) is 14.4 Å². The fraction of sp³-hybridized carbons (Fsp3) is 0.743. The first-order valence-electron chi connectivity index (χ1n) is 34.2. The van der Waals surface area contributed by atoms with Gasteiger partial charge in [0.15, 0.2) is 6.10 Å². The Balaban J connectivity index is 4.19. The molecule has 0 aromatic heterocycles. The van der Waals surface area contributed by atoms with E-state index >= 15 is 0 Å². The molecule has 0 fully saturated rings. The molecule has 0 bridgehead atoms. The van der Waals surface area contributed by atoms with E-state index in [0.717, 1.165) is 109 Å². The first-order valence-corrected chi connectivity index (χ1v) is 34.2. The maximum absolute atomic E-state index is 12.9. The summed E-state index contributed by atoms with van der Waals surface area (Å²) < 4.78 is 16.9. The minimum absolute atomic E-state index is 0.0740. The van der Waals surface area contributed by atoms with Gasteiger partial charge in [0.25, 0.3) is 0 Å². The zero-order valence-electron chi connectivity index (χ0n) is 52.8. The Morgan fingerprint density at radius 2 is 0.487 bits per heavy atom. The van der Waals surface area contributed by atoms with E-state index in [1.54, 1.807) is 0 Å². The Morgan fingerprint density at radius 1 is 0.263 bits per heavy atom. The number of hydrogen-bond acceptors (Lipinski definition) is 6. The van der Waals surface area contributed by atoms with Crippen LogP contribution in [0.3, 0.4) is 0 Å². The molecular weight excluding hydrogens is 985 g/mol. The third-order valence-electron chi connectivity index (χ3n) is 14.8. The molecule has 0 aromatic rings. The SMILES string of the molecule is CC/C=C\C/C=C\C/C=C\C/C=C\CCCCCCCCCCCCCCCCC(=O)OCC(COC(=O)CCCCCCCCCCCC)OC(=O)CCCCCCCCCCCCCC/C=C\C/C=C\C/C=C\C/C=C\CC. The molecule has 460 valence electrons. The van der Waals surface area contributed by atoms with Crippen LogP contribution in [0, 0.1) is 0 Å². The van der Waals surface area contributed by atoms with Crippen LogP contribution in [0.1, 0.15) is 335 Å². The molecule has 0 N–H and O–H groups in total. The van der Waals surface area contributed by atoms with Crippen LogP contribution < -0.4 is 0 Å². The lowest BCUT2D eigenvalue weighted by molar-refractivity contribution is -0.167. The van der Waals surface area contributed by atoms with Gasteiger partial charge in [0.1, 0.15) is 13.2 Å². The third kappa shape index (κ3) is 65.1. The van der Waals surface area contributed by atoms with Crippen LogP contribution in [-0.2, 0) is 28.6 Å². The molecule has 0 spiro atoms. The molecule has 80 heavy (non-hydrogen) atoms. The molecule has 0 aliphatic heterocycles. The highest BCUT2D eigenvalue weighted by Crippen LogP contribution is 2.17. The summed E-state index contributed by atoms with van der Waals surface area (Å²) in [4.78, 5) is 38.3. The average Bonchev–Trinajstić information content (AvgIpc) is 3.46. The lowest BCUT2D eigenvalue weighted by Crippen LogP contribution is -2.30. The number of unbranched alkanes of at least 4 members (excludes halogenated alkanes) is 35. The number of hydrogen-bond donors (Lipinski definition) is 0. The number of ether oxygens (including phenoxy) is 3. The summed E-state index contributed by atoms with van der Waals surface area (Å²) in [6, 6.07) is 0. The Morgan fingerprint density at radius 3 is 0.762 bits per heavy atom. The molecular formula is C74H128O6. The highest BCUT2D eigenvalue weighted by Gasteiger charge is 2.19. The summed E-state index contributed by atoms with van der Waals surface area (Å²) in [5, 5.41) is 0. The second-order valence-electron chi connectivity index (χ2n) is 22.7. The van der Waals surface area contributed by atoms with Gasteiger partial charge in [0.2, 0.25) is 0 Å². The van der Waals surface area contributed by atoms with E-state index in [4.69, 9.17) is 14.2 Å². The van der Waals surface area contributed by atoms with Crippen molar-refractivity contribution >= 4 is 17.9 Å². The number of rotatable bonds is 62. The zero-order valence-corrected chi connectivity index (χ0v) is 52.8. The highest BCUT2D eigenvalue weighted by atomic mass is 16.6. The predicted octanol–water partition coefficient (Wildman–Crippen LogP) is 23.6. The molecule has 1 atom stereocenters. The Bertz CT molecular complexity index is 1560. The van der Waals surface area contributed by atoms with Gasteiger partial charge in [-0.1, -0.05) is 317 Å². The van der Waals surface area contributed by atoms with Gasteiger partial charge in [-0.05, 0) is 96.3 Å². The van der Waals surface area contributed by atoms with Gasteiger partial charge >= 0.3 is 17.9 Å². The highest BCUT2D eigenvalue weighted by molar-refractivity contribution is 5.71. The second kappa shape index (κ2) is 67.8. The minimum Gasteiger partial charge on any atom is -0.462 e. The summed E-state index contributed by atoms with van der Waals surface area (Å²) in [5.74, 6) is -0.863. The lowest BCUT2D eigenvalue weighted by Gasteiger charge is -2.18. The van der Waals surface area contributed by atoms with Gasteiger partial charge in [-0.2, -0.15) is 0 Å². The largest absolute Gasteiger partial charge is 0.462 e. The lowest BCUT2D eigenvalue weighted by atomic mass is 10.0. The van der Waals surface area contributed by atoms with E-state index in [1.165, 1.54) is 186 Å². The van der Waals surface area contributed by atoms with E-state index in [2.05, 4.69) is 118 Å². The van der Waals surface area contributed by atoms with Crippen molar-refractivity contribution in [1.29, 1.82) is 0 Å². The molecule has 0 aromatic carbocycles. The molecule has 1 unspecified atom stereocenters. The van der Waals surface area contributed by atoms with Crippen LogP contribution in [0.25, 0.3) is 0 Å². The van der Waals surface area contributed by atoms with Gasteiger partial charge in [-0.25, -0.2) is 0 Å². The summed E-state index contributed by atoms with van der Waals surface area (Å²) in [7, 11) is 0. The van der Waals surface area contributed by atoms with Crippen molar-refractivity contribution in [1.82, 2.24) is 0 Å². The topological polar surface area (TPSA) is 78.9 Å². The Hall–Kier alpha value is -3.67. The first-order chi connectivity index (χ1) is 39.5. The maximum Gasteiger partial charge on any atom is 0.306 e. The fourth-order valence-electron chi connectivity index (χ4n) is 9.78. The van der Waals surface area contributed by atoms with Crippen molar-refractivity contribution in [2.75, 3.05) is 13.2 Å². The smallest absolute Gasteiger partial charge is 0.306 e. The molecule has 0 amide bonds. The van der Waals surface area contributed by atoms with E-state index in [9.17, 15) is 14.4 Å². The van der Waals surface area contributed by atoms with Crippen molar-refractivity contribution in [2.45, 2.75) is 341 Å². The van der Waals surface area contributed by atoms with Crippen LogP contribution in [0.15, 0.2) is 97.2 Å². The third-order valence-corrected chi connectivity index (χ3v) is 14.8. The number of allylic oxidation sites excluding steroid dienone is 16. The van der Waals surface area contributed by atoms with E-state index in [-0.39, 0.29) is 31.1 Å². The molecule has 0 aliphatic rings. The normalized spacial score (nSPS) is 12.7. The second-order valence-corrected chi connectivity index (χ2v) is 22.7. The molecule has 0 aliphatic carbocycles. The molecule has 0 saturated heterocycles. The fourth-order valence-corrected chi connectivity index (χ4v) is 9.78. The number of esters is 3. The standard InChI is InChI=1S/C74H128O6/c1-4-7-10-13-16-19-22-24-26-28-30-32-34-36-37-39-40-42-44-46-48-50-52-55-58-61-64-67-73(76)79-70-71(69-78-72(75)66-63-60-57-54-21-18-15-12-9-6-3)80-74(77)68-65-62-59-56-53-51-49-47-45-43-41-38-35-33-31-29-27-25-23-20-17-14-11-8-5-2/h7-8,10-11,16-17,19-20,24-27,30-33,71H,4-6,9,12-15,18,21-23,28-29,34-70H2,1-3H3/b10-7-,11-8-,19-16-,20-17-,26-24-,27-25-,32-30-,33-31-. The number of carbonyl (C=O) groups excluding carboxylic acids is 3. The molecule has 0 rings (SSSR count).